The van der Waals surface area contributed by atoms with Crippen molar-refractivity contribution in [1.82, 2.24) is 4.90 Å². The number of hydrogen-bond donors (Lipinski definition) is 1. The van der Waals surface area contributed by atoms with Crippen molar-refractivity contribution in [2.45, 2.75) is 26.2 Å². The number of hydrogen-bond acceptors (Lipinski definition) is 1. The Balaban J connectivity index is 0.00000196. The molecule has 0 spiro atoms. The highest BCUT2D eigenvalue weighted by Crippen LogP contribution is 2.15. The second kappa shape index (κ2) is 8.13. The monoisotopic (exact) mass is 329 g/mol. The van der Waals surface area contributed by atoms with Crippen molar-refractivity contribution in [3.8, 4) is 0 Å². The summed E-state index contributed by atoms with van der Waals surface area (Å²) in [6.07, 6.45) is 2.84. The fourth-order valence-corrected chi connectivity index (χ4v) is 1.59. The van der Waals surface area contributed by atoms with Crippen molar-refractivity contribution in [2.75, 3.05) is 26.3 Å². The van der Waals surface area contributed by atoms with Gasteiger partial charge in [-0.3, -0.25) is 9.38 Å². The number of likely N-dealkylation sites (tertiary alicyclic amines) is 1. The lowest BCUT2D eigenvalue weighted by Crippen LogP contribution is -2.42. The number of alkyl halides is 1. The molecule has 0 atom stereocenters. The van der Waals surface area contributed by atoms with Crippen LogP contribution in [0.3, 0.4) is 0 Å². The highest BCUT2D eigenvalue weighted by molar-refractivity contribution is 14.0. The maximum Gasteiger partial charge on any atom is 0.191 e. The third-order valence-corrected chi connectivity index (χ3v) is 2.67. The molecule has 3 nitrogen and oxygen atoms in total. The molecule has 0 bridgehead atoms. The molecule has 1 aliphatic heterocycles. The van der Waals surface area contributed by atoms with E-state index < -0.39 is 0 Å². The van der Waals surface area contributed by atoms with E-state index in [1.165, 1.54) is 12.8 Å². The molecule has 1 heterocycles. The smallest absolute Gasteiger partial charge is 0.191 e. The van der Waals surface area contributed by atoms with Crippen LogP contribution in [0, 0.1) is 5.92 Å². The number of nitrogens with zero attached hydrogens (tertiary/aromatic N) is 2. The Bertz CT molecular complexity index is 191. The summed E-state index contributed by atoms with van der Waals surface area (Å²) in [6.45, 7) is 4.44. The average molecular weight is 329 g/mol. The van der Waals surface area contributed by atoms with Crippen LogP contribution in [0.4, 0.5) is 4.39 Å². The molecule has 1 aliphatic rings. The highest BCUT2D eigenvalue weighted by atomic mass is 127. The van der Waals surface area contributed by atoms with Crippen LogP contribution in [0.1, 0.15) is 26.2 Å². The van der Waals surface area contributed by atoms with Crippen molar-refractivity contribution in [3.63, 3.8) is 0 Å². The molecule has 0 radical (unpaired) electrons. The summed E-state index contributed by atoms with van der Waals surface area (Å²) < 4.78 is 11.8. The molecular formula is C10H21FIN3. The van der Waals surface area contributed by atoms with Crippen LogP contribution in [0.25, 0.3) is 0 Å². The van der Waals surface area contributed by atoms with E-state index in [-0.39, 0.29) is 30.7 Å². The molecule has 0 saturated carbocycles. The Morgan fingerprint density at radius 3 is 2.60 bits per heavy atom. The minimum absolute atomic E-state index is 0. The number of halogens is 2. The summed E-state index contributed by atoms with van der Waals surface area (Å²) in [5, 5.41) is 0. The van der Waals surface area contributed by atoms with E-state index in [2.05, 4.69) is 16.8 Å². The molecule has 90 valence electrons. The van der Waals surface area contributed by atoms with Crippen LogP contribution in [0.15, 0.2) is 4.99 Å². The minimum Gasteiger partial charge on any atom is -0.370 e. The second-order valence-electron chi connectivity index (χ2n) is 3.95. The fourth-order valence-electron chi connectivity index (χ4n) is 1.59. The molecule has 1 saturated heterocycles. The molecule has 0 unspecified atom stereocenters. The first kappa shape index (κ1) is 14.9. The zero-order valence-electron chi connectivity index (χ0n) is 9.29. The number of piperidine rings is 1. The third kappa shape index (κ3) is 5.53. The summed E-state index contributed by atoms with van der Waals surface area (Å²) in [5.74, 6) is 1.38. The molecule has 1 fully saturated rings. The molecule has 0 amide bonds. The van der Waals surface area contributed by atoms with E-state index in [0.29, 0.717) is 18.9 Å². The van der Waals surface area contributed by atoms with Gasteiger partial charge in [-0.05, 0) is 25.2 Å². The molecule has 0 aromatic heterocycles. The normalized spacial score (nSPS) is 18.8. The Morgan fingerprint density at radius 2 is 2.07 bits per heavy atom. The van der Waals surface area contributed by atoms with Gasteiger partial charge in [0.1, 0.15) is 0 Å². The predicted molar refractivity (Wildman–Crippen MR) is 72.5 cm³/mol. The molecular weight excluding hydrogens is 308 g/mol. The van der Waals surface area contributed by atoms with Gasteiger partial charge in [-0.25, -0.2) is 0 Å². The van der Waals surface area contributed by atoms with E-state index in [4.69, 9.17) is 5.73 Å². The number of aliphatic imine (C=N–C) groups is 1. The zero-order chi connectivity index (χ0) is 10.4. The first-order chi connectivity index (χ1) is 6.74. The first-order valence-corrected chi connectivity index (χ1v) is 5.35. The van der Waals surface area contributed by atoms with Gasteiger partial charge in [-0.1, -0.05) is 6.92 Å². The topological polar surface area (TPSA) is 41.6 Å². The van der Waals surface area contributed by atoms with Gasteiger partial charge in [0.2, 0.25) is 0 Å². The van der Waals surface area contributed by atoms with Crippen LogP contribution >= 0.6 is 24.0 Å². The summed E-state index contributed by atoms with van der Waals surface area (Å²) in [4.78, 5) is 6.24. The third-order valence-electron chi connectivity index (χ3n) is 2.67. The molecule has 0 aromatic rings. The minimum atomic E-state index is -0.312. The summed E-state index contributed by atoms with van der Waals surface area (Å²) in [6, 6.07) is 0. The molecule has 5 heteroatoms. The van der Waals surface area contributed by atoms with E-state index in [9.17, 15) is 4.39 Å². The van der Waals surface area contributed by atoms with Crippen LogP contribution in [-0.4, -0.2) is 37.2 Å². The Morgan fingerprint density at radius 1 is 1.47 bits per heavy atom. The van der Waals surface area contributed by atoms with Crippen LogP contribution < -0.4 is 5.73 Å². The largest absolute Gasteiger partial charge is 0.370 e. The number of guanidine groups is 1. The van der Waals surface area contributed by atoms with E-state index in [0.717, 1.165) is 19.0 Å². The van der Waals surface area contributed by atoms with Crippen LogP contribution in [0.5, 0.6) is 0 Å². The quantitative estimate of drug-likeness (QED) is 0.372. The lowest BCUT2D eigenvalue weighted by atomic mass is 10.00. The first-order valence-electron chi connectivity index (χ1n) is 5.35. The lowest BCUT2D eigenvalue weighted by Gasteiger charge is -2.30. The van der Waals surface area contributed by atoms with Crippen LogP contribution in [-0.2, 0) is 0 Å². The van der Waals surface area contributed by atoms with Gasteiger partial charge < -0.3 is 10.6 Å². The predicted octanol–water partition coefficient (Wildman–Crippen LogP) is 2.01. The average Bonchev–Trinajstić information content (AvgIpc) is 2.19. The van der Waals surface area contributed by atoms with E-state index in [1.807, 2.05) is 0 Å². The van der Waals surface area contributed by atoms with E-state index in [1.54, 1.807) is 0 Å². The number of nitrogens with two attached hydrogens (primary N) is 1. The fraction of sp³-hybridized carbons (Fsp3) is 0.900. The molecule has 1 rings (SSSR count). The zero-order valence-corrected chi connectivity index (χ0v) is 11.6. The van der Waals surface area contributed by atoms with Gasteiger partial charge in [-0.15, -0.1) is 24.0 Å². The SMILES string of the molecule is CC1CCN(C(N)=NCCCF)CC1.I. The molecule has 0 aromatic carbocycles. The molecule has 0 aliphatic carbocycles. The molecule has 15 heavy (non-hydrogen) atoms. The van der Waals surface area contributed by atoms with E-state index >= 15 is 0 Å². The Hall–Kier alpha value is -0.0700. The lowest BCUT2D eigenvalue weighted by molar-refractivity contribution is 0.277. The highest BCUT2D eigenvalue weighted by Gasteiger charge is 2.16. The van der Waals surface area contributed by atoms with Crippen molar-refractivity contribution in [1.29, 1.82) is 0 Å². The van der Waals surface area contributed by atoms with Gasteiger partial charge in [0.15, 0.2) is 5.96 Å². The maximum atomic E-state index is 11.8. The maximum absolute atomic E-state index is 11.8. The van der Waals surface area contributed by atoms with Crippen molar-refractivity contribution < 1.29 is 4.39 Å². The summed E-state index contributed by atoms with van der Waals surface area (Å²) >= 11 is 0. The standard InChI is InChI=1S/C10H20FN3.HI/c1-9-3-7-14(8-4-9)10(12)13-6-2-5-11;/h9H,2-8H2,1H3,(H2,12,13);1H. The summed E-state index contributed by atoms with van der Waals surface area (Å²) in [5.41, 5.74) is 5.79. The number of rotatable bonds is 3. The second-order valence-corrected chi connectivity index (χ2v) is 3.95. The van der Waals surface area contributed by atoms with Gasteiger partial charge in [-0.2, -0.15) is 0 Å². The van der Waals surface area contributed by atoms with Crippen molar-refractivity contribution in [2.24, 2.45) is 16.6 Å². The summed E-state index contributed by atoms with van der Waals surface area (Å²) in [7, 11) is 0. The Labute approximate surface area is 108 Å². The van der Waals surface area contributed by atoms with Gasteiger partial charge in [0.05, 0.1) is 6.67 Å². The van der Waals surface area contributed by atoms with Crippen molar-refractivity contribution in [3.05, 3.63) is 0 Å². The Kier molecular flexibility index (Phi) is 8.09. The van der Waals surface area contributed by atoms with Gasteiger partial charge in [0.25, 0.3) is 0 Å². The molecule has 2 N–H and O–H groups in total. The van der Waals surface area contributed by atoms with Gasteiger partial charge >= 0.3 is 0 Å². The van der Waals surface area contributed by atoms with Crippen molar-refractivity contribution >= 4 is 29.9 Å². The van der Waals surface area contributed by atoms with Crippen LogP contribution in [0.2, 0.25) is 0 Å². The van der Waals surface area contributed by atoms with Gasteiger partial charge in [0, 0.05) is 19.6 Å².